The highest BCUT2D eigenvalue weighted by molar-refractivity contribution is 5.67. The van der Waals surface area contributed by atoms with Crippen LogP contribution in [0, 0.1) is 11.8 Å². The van der Waals surface area contributed by atoms with Crippen molar-refractivity contribution < 1.29 is 9.90 Å². The molecular formula is C9H15O2-. The molecule has 0 radical (unpaired) electrons. The highest BCUT2D eigenvalue weighted by Gasteiger charge is 2.20. The summed E-state index contributed by atoms with van der Waals surface area (Å²) >= 11 is 0. The summed E-state index contributed by atoms with van der Waals surface area (Å²) in [6.45, 7) is 1.77. The molecule has 2 heteroatoms. The van der Waals surface area contributed by atoms with Gasteiger partial charge in [0.25, 0.3) is 0 Å². The molecule has 11 heavy (non-hydrogen) atoms. The van der Waals surface area contributed by atoms with E-state index in [1.807, 2.05) is 0 Å². The van der Waals surface area contributed by atoms with E-state index in [0.29, 0.717) is 5.92 Å². The Balaban J connectivity index is 2.38. The molecule has 1 fully saturated rings. The zero-order valence-corrected chi connectivity index (χ0v) is 7.01. The van der Waals surface area contributed by atoms with Gasteiger partial charge in [-0.3, -0.25) is 0 Å². The minimum atomic E-state index is -0.878. The first-order valence-electron chi connectivity index (χ1n) is 4.42. The van der Waals surface area contributed by atoms with Crippen molar-refractivity contribution in [2.24, 2.45) is 11.8 Å². The molecule has 1 rings (SSSR count). The molecule has 0 amide bonds. The molecule has 64 valence electrons. The standard InChI is InChI=1S/C9H16O2/c1-7(9(10)11)8-5-3-2-4-6-8/h7-8H,2-6H2,1H3,(H,10,11)/p-1/t7-/m1/s1. The molecule has 2 nitrogen and oxygen atoms in total. The largest absolute Gasteiger partial charge is 0.550 e. The smallest absolute Gasteiger partial charge is 0.0445 e. The van der Waals surface area contributed by atoms with Gasteiger partial charge < -0.3 is 9.90 Å². The Morgan fingerprint density at radius 3 is 2.36 bits per heavy atom. The minimum Gasteiger partial charge on any atom is -0.550 e. The van der Waals surface area contributed by atoms with Gasteiger partial charge in [-0.1, -0.05) is 26.2 Å². The van der Waals surface area contributed by atoms with Gasteiger partial charge in [0, 0.05) is 5.97 Å². The molecule has 0 N–H and O–H groups in total. The summed E-state index contributed by atoms with van der Waals surface area (Å²) in [5, 5.41) is 10.5. The first-order chi connectivity index (χ1) is 5.22. The topological polar surface area (TPSA) is 40.1 Å². The molecular weight excluding hydrogens is 140 g/mol. The quantitative estimate of drug-likeness (QED) is 0.595. The van der Waals surface area contributed by atoms with Crippen LogP contribution in [0.2, 0.25) is 0 Å². The summed E-state index contributed by atoms with van der Waals surface area (Å²) in [5.41, 5.74) is 0. The van der Waals surface area contributed by atoms with Crippen molar-refractivity contribution in [1.29, 1.82) is 0 Å². The Kier molecular flexibility index (Phi) is 2.92. The van der Waals surface area contributed by atoms with Gasteiger partial charge >= 0.3 is 0 Å². The predicted octanol–water partition coefficient (Wildman–Crippen LogP) is 0.953. The second-order valence-corrected chi connectivity index (χ2v) is 3.51. The SMILES string of the molecule is C[C@@H](C(=O)[O-])C1CCCCC1. The van der Waals surface area contributed by atoms with Crippen molar-refractivity contribution in [3.63, 3.8) is 0 Å². The third-order valence-electron chi connectivity index (χ3n) is 2.73. The van der Waals surface area contributed by atoms with Gasteiger partial charge in [0.2, 0.25) is 0 Å². The molecule has 0 unspecified atom stereocenters. The molecule has 0 aromatic rings. The average molecular weight is 155 g/mol. The van der Waals surface area contributed by atoms with Crippen molar-refractivity contribution in [2.45, 2.75) is 39.0 Å². The summed E-state index contributed by atoms with van der Waals surface area (Å²) in [6.07, 6.45) is 5.82. The van der Waals surface area contributed by atoms with Crippen LogP contribution in [0.1, 0.15) is 39.0 Å². The summed E-state index contributed by atoms with van der Waals surface area (Å²) in [5.74, 6) is -0.735. The van der Waals surface area contributed by atoms with Gasteiger partial charge in [-0.05, 0) is 24.7 Å². The van der Waals surface area contributed by atoms with E-state index >= 15 is 0 Å². The highest BCUT2D eigenvalue weighted by Crippen LogP contribution is 2.29. The first kappa shape index (κ1) is 8.57. The number of carbonyl (C=O) groups excluding carboxylic acids is 1. The monoisotopic (exact) mass is 155 g/mol. The molecule has 0 aromatic carbocycles. The van der Waals surface area contributed by atoms with E-state index in [9.17, 15) is 9.90 Å². The maximum atomic E-state index is 10.5. The molecule has 0 spiro atoms. The van der Waals surface area contributed by atoms with Crippen molar-refractivity contribution >= 4 is 5.97 Å². The summed E-state index contributed by atoms with van der Waals surface area (Å²) in [7, 11) is 0. The lowest BCUT2D eigenvalue weighted by molar-refractivity contribution is -0.312. The number of rotatable bonds is 2. The van der Waals surface area contributed by atoms with Crippen LogP contribution >= 0.6 is 0 Å². The van der Waals surface area contributed by atoms with E-state index in [4.69, 9.17) is 0 Å². The van der Waals surface area contributed by atoms with Gasteiger partial charge in [-0.15, -0.1) is 0 Å². The third kappa shape index (κ3) is 2.21. The number of hydrogen-bond acceptors (Lipinski definition) is 2. The zero-order valence-electron chi connectivity index (χ0n) is 7.01. The molecule has 0 aromatic heterocycles. The lowest BCUT2D eigenvalue weighted by Gasteiger charge is -2.27. The average Bonchev–Trinajstić information content (AvgIpc) is 2.05. The Morgan fingerprint density at radius 1 is 1.36 bits per heavy atom. The van der Waals surface area contributed by atoms with Gasteiger partial charge in [0.15, 0.2) is 0 Å². The number of carboxylic acids is 1. The number of aliphatic carboxylic acids is 1. The summed E-state index contributed by atoms with van der Waals surface area (Å²) in [4.78, 5) is 10.5. The highest BCUT2D eigenvalue weighted by atomic mass is 16.4. The van der Waals surface area contributed by atoms with Crippen LogP contribution in [0.4, 0.5) is 0 Å². The first-order valence-corrected chi connectivity index (χ1v) is 4.42. The molecule has 0 heterocycles. The van der Waals surface area contributed by atoms with Crippen molar-refractivity contribution in [3.05, 3.63) is 0 Å². The zero-order chi connectivity index (χ0) is 8.27. The Morgan fingerprint density at radius 2 is 1.91 bits per heavy atom. The van der Waals surface area contributed by atoms with Gasteiger partial charge in [-0.25, -0.2) is 0 Å². The van der Waals surface area contributed by atoms with Crippen molar-refractivity contribution in [2.75, 3.05) is 0 Å². The maximum Gasteiger partial charge on any atom is 0.0445 e. The Hall–Kier alpha value is -0.530. The normalized spacial score (nSPS) is 23.0. The number of carboxylic acid groups (broad SMARTS) is 1. The number of carbonyl (C=O) groups is 1. The Bertz CT molecular complexity index is 136. The van der Waals surface area contributed by atoms with Crippen LogP contribution in [0.3, 0.4) is 0 Å². The van der Waals surface area contributed by atoms with Crippen LogP contribution in [-0.4, -0.2) is 5.97 Å². The van der Waals surface area contributed by atoms with Crippen LogP contribution in [0.15, 0.2) is 0 Å². The molecule has 0 bridgehead atoms. The van der Waals surface area contributed by atoms with Gasteiger partial charge in [0.1, 0.15) is 0 Å². The van der Waals surface area contributed by atoms with Crippen LogP contribution in [0.5, 0.6) is 0 Å². The fourth-order valence-electron chi connectivity index (χ4n) is 1.83. The molecule has 1 saturated carbocycles. The molecule has 1 aliphatic rings. The maximum absolute atomic E-state index is 10.5. The summed E-state index contributed by atoms with van der Waals surface area (Å²) in [6, 6.07) is 0. The van der Waals surface area contributed by atoms with Crippen LogP contribution in [-0.2, 0) is 4.79 Å². The van der Waals surface area contributed by atoms with Crippen LogP contribution < -0.4 is 5.11 Å². The van der Waals surface area contributed by atoms with Gasteiger partial charge in [-0.2, -0.15) is 0 Å². The van der Waals surface area contributed by atoms with Crippen LogP contribution in [0.25, 0.3) is 0 Å². The summed E-state index contributed by atoms with van der Waals surface area (Å²) < 4.78 is 0. The minimum absolute atomic E-state index is 0.240. The fourth-order valence-corrected chi connectivity index (χ4v) is 1.83. The predicted molar refractivity (Wildman–Crippen MR) is 40.7 cm³/mol. The second-order valence-electron chi connectivity index (χ2n) is 3.51. The van der Waals surface area contributed by atoms with Gasteiger partial charge in [0.05, 0.1) is 0 Å². The lowest BCUT2D eigenvalue weighted by Crippen LogP contribution is -2.34. The Labute approximate surface area is 67.6 Å². The molecule has 0 saturated heterocycles. The lowest BCUT2D eigenvalue weighted by atomic mass is 9.81. The van der Waals surface area contributed by atoms with E-state index in [2.05, 4.69) is 0 Å². The molecule has 0 aliphatic heterocycles. The third-order valence-corrected chi connectivity index (χ3v) is 2.73. The fraction of sp³-hybridized carbons (Fsp3) is 0.889. The number of hydrogen-bond donors (Lipinski definition) is 0. The molecule has 1 atom stereocenters. The molecule has 1 aliphatic carbocycles. The van der Waals surface area contributed by atoms with Crippen molar-refractivity contribution in [3.8, 4) is 0 Å². The van der Waals surface area contributed by atoms with E-state index in [1.165, 1.54) is 19.3 Å². The van der Waals surface area contributed by atoms with E-state index in [0.717, 1.165) is 12.8 Å². The second kappa shape index (κ2) is 3.74. The van der Waals surface area contributed by atoms with Crippen molar-refractivity contribution in [1.82, 2.24) is 0 Å². The van der Waals surface area contributed by atoms with E-state index in [1.54, 1.807) is 6.92 Å². The van der Waals surface area contributed by atoms with E-state index in [-0.39, 0.29) is 5.92 Å². The van der Waals surface area contributed by atoms with E-state index < -0.39 is 5.97 Å².